The molecule has 0 spiro atoms. The maximum Gasteiger partial charge on any atom is 0.0240 e. The molecule has 0 aromatic carbocycles. The molecule has 0 aromatic rings. The standard InChI is InChI=1S/C11H21N/c1-5-7-9-11(8-6-2)12-10(3)4/h2,10-12H,5,7-9H2,1,3-4H3. The van der Waals surface area contributed by atoms with Crippen molar-refractivity contribution in [2.75, 3.05) is 0 Å². The van der Waals surface area contributed by atoms with Crippen molar-refractivity contribution < 1.29 is 0 Å². The van der Waals surface area contributed by atoms with Gasteiger partial charge in [0.2, 0.25) is 0 Å². The summed E-state index contributed by atoms with van der Waals surface area (Å²) >= 11 is 0. The van der Waals surface area contributed by atoms with Crippen LogP contribution in [-0.2, 0) is 0 Å². The van der Waals surface area contributed by atoms with Crippen molar-refractivity contribution in [1.82, 2.24) is 5.32 Å². The fraction of sp³-hybridized carbons (Fsp3) is 0.818. The Morgan fingerprint density at radius 2 is 2.08 bits per heavy atom. The number of unbranched alkanes of at least 4 members (excludes halogenated alkanes) is 1. The molecular weight excluding hydrogens is 146 g/mol. The summed E-state index contributed by atoms with van der Waals surface area (Å²) in [5.74, 6) is 2.72. The summed E-state index contributed by atoms with van der Waals surface area (Å²) in [5, 5.41) is 3.47. The van der Waals surface area contributed by atoms with E-state index in [1.165, 1.54) is 19.3 Å². The zero-order chi connectivity index (χ0) is 9.40. The van der Waals surface area contributed by atoms with Crippen molar-refractivity contribution in [3.63, 3.8) is 0 Å². The molecule has 0 aliphatic heterocycles. The fourth-order valence-corrected chi connectivity index (χ4v) is 1.31. The Morgan fingerprint density at radius 3 is 2.50 bits per heavy atom. The van der Waals surface area contributed by atoms with Crippen molar-refractivity contribution in [3.05, 3.63) is 0 Å². The van der Waals surface area contributed by atoms with Gasteiger partial charge >= 0.3 is 0 Å². The summed E-state index contributed by atoms with van der Waals surface area (Å²) < 4.78 is 0. The largest absolute Gasteiger partial charge is 0.311 e. The van der Waals surface area contributed by atoms with Gasteiger partial charge in [-0.2, -0.15) is 0 Å². The molecule has 1 nitrogen and oxygen atoms in total. The number of nitrogens with one attached hydrogen (secondary N) is 1. The molecule has 0 aliphatic rings. The average Bonchev–Trinajstić information content (AvgIpc) is 2.00. The van der Waals surface area contributed by atoms with E-state index < -0.39 is 0 Å². The zero-order valence-electron chi connectivity index (χ0n) is 8.56. The minimum atomic E-state index is 0.523. The Labute approximate surface area is 76.9 Å². The Hall–Kier alpha value is -0.480. The van der Waals surface area contributed by atoms with Crippen LogP contribution >= 0.6 is 0 Å². The highest BCUT2D eigenvalue weighted by atomic mass is 14.9. The van der Waals surface area contributed by atoms with Crippen LogP contribution in [0, 0.1) is 12.3 Å². The van der Waals surface area contributed by atoms with Gasteiger partial charge < -0.3 is 5.32 Å². The first-order valence-electron chi connectivity index (χ1n) is 4.90. The Bertz CT molecular complexity index is 132. The minimum absolute atomic E-state index is 0.523. The number of hydrogen-bond acceptors (Lipinski definition) is 1. The van der Waals surface area contributed by atoms with Crippen LogP contribution in [-0.4, -0.2) is 12.1 Å². The van der Waals surface area contributed by atoms with Gasteiger partial charge in [0.15, 0.2) is 0 Å². The third-order valence-corrected chi connectivity index (χ3v) is 1.84. The van der Waals surface area contributed by atoms with Gasteiger partial charge in [-0.25, -0.2) is 0 Å². The maximum atomic E-state index is 5.29. The van der Waals surface area contributed by atoms with Gasteiger partial charge in [-0.05, 0) is 6.42 Å². The highest BCUT2D eigenvalue weighted by Crippen LogP contribution is 2.04. The topological polar surface area (TPSA) is 12.0 Å². The first-order chi connectivity index (χ1) is 5.70. The first-order valence-corrected chi connectivity index (χ1v) is 4.90. The molecule has 0 radical (unpaired) electrons. The second kappa shape index (κ2) is 7.18. The molecule has 0 bridgehead atoms. The summed E-state index contributed by atoms with van der Waals surface area (Å²) in [6.45, 7) is 6.53. The van der Waals surface area contributed by atoms with Crippen molar-refractivity contribution in [2.24, 2.45) is 0 Å². The molecule has 1 unspecified atom stereocenters. The van der Waals surface area contributed by atoms with Crippen LogP contribution in [0.5, 0.6) is 0 Å². The van der Waals surface area contributed by atoms with Crippen LogP contribution in [0.1, 0.15) is 46.5 Å². The second-order valence-electron chi connectivity index (χ2n) is 3.57. The van der Waals surface area contributed by atoms with E-state index in [0.29, 0.717) is 12.1 Å². The predicted octanol–water partition coefficient (Wildman–Crippen LogP) is 2.57. The van der Waals surface area contributed by atoms with Crippen molar-refractivity contribution in [3.8, 4) is 12.3 Å². The van der Waals surface area contributed by atoms with Crippen LogP contribution in [0.3, 0.4) is 0 Å². The van der Waals surface area contributed by atoms with E-state index in [2.05, 4.69) is 32.0 Å². The van der Waals surface area contributed by atoms with Gasteiger partial charge in [0.25, 0.3) is 0 Å². The van der Waals surface area contributed by atoms with Crippen LogP contribution in [0.25, 0.3) is 0 Å². The van der Waals surface area contributed by atoms with E-state index in [0.717, 1.165) is 6.42 Å². The smallest absolute Gasteiger partial charge is 0.0240 e. The molecule has 1 heteroatoms. The number of hydrogen-bond donors (Lipinski definition) is 1. The second-order valence-corrected chi connectivity index (χ2v) is 3.57. The Balaban J connectivity index is 3.63. The quantitative estimate of drug-likeness (QED) is 0.599. The van der Waals surface area contributed by atoms with E-state index >= 15 is 0 Å². The summed E-state index contributed by atoms with van der Waals surface area (Å²) in [4.78, 5) is 0. The maximum absolute atomic E-state index is 5.29. The van der Waals surface area contributed by atoms with Crippen LogP contribution in [0.15, 0.2) is 0 Å². The first kappa shape index (κ1) is 11.5. The van der Waals surface area contributed by atoms with Crippen molar-refractivity contribution in [2.45, 2.75) is 58.5 Å². The highest BCUT2D eigenvalue weighted by Gasteiger charge is 2.06. The lowest BCUT2D eigenvalue weighted by molar-refractivity contribution is 0.433. The summed E-state index contributed by atoms with van der Waals surface area (Å²) in [6.07, 6.45) is 9.87. The molecule has 0 saturated carbocycles. The molecule has 0 saturated heterocycles. The molecule has 12 heavy (non-hydrogen) atoms. The molecule has 0 aliphatic carbocycles. The van der Waals surface area contributed by atoms with Crippen molar-refractivity contribution in [1.29, 1.82) is 0 Å². The lowest BCUT2D eigenvalue weighted by Gasteiger charge is -2.18. The number of rotatable bonds is 6. The summed E-state index contributed by atoms with van der Waals surface area (Å²) in [5.41, 5.74) is 0. The zero-order valence-corrected chi connectivity index (χ0v) is 8.56. The highest BCUT2D eigenvalue weighted by molar-refractivity contribution is 4.90. The normalized spacial score (nSPS) is 12.9. The fourth-order valence-electron chi connectivity index (χ4n) is 1.31. The molecule has 1 atom stereocenters. The molecule has 0 aromatic heterocycles. The van der Waals surface area contributed by atoms with Gasteiger partial charge in [-0.15, -0.1) is 12.3 Å². The summed E-state index contributed by atoms with van der Waals surface area (Å²) in [6, 6.07) is 1.06. The molecule has 0 amide bonds. The molecule has 0 rings (SSSR count). The lowest BCUT2D eigenvalue weighted by Crippen LogP contribution is -2.34. The van der Waals surface area contributed by atoms with Crippen LogP contribution < -0.4 is 5.32 Å². The molecule has 1 N–H and O–H groups in total. The summed E-state index contributed by atoms with van der Waals surface area (Å²) in [7, 11) is 0. The average molecular weight is 167 g/mol. The monoisotopic (exact) mass is 167 g/mol. The van der Waals surface area contributed by atoms with Gasteiger partial charge in [-0.1, -0.05) is 33.6 Å². The Kier molecular flexibility index (Phi) is 6.90. The van der Waals surface area contributed by atoms with Gasteiger partial charge in [0.1, 0.15) is 0 Å². The lowest BCUT2D eigenvalue weighted by atomic mass is 10.1. The molecular formula is C11H21N. The third-order valence-electron chi connectivity index (χ3n) is 1.84. The Morgan fingerprint density at radius 1 is 1.42 bits per heavy atom. The van der Waals surface area contributed by atoms with E-state index in [1.54, 1.807) is 0 Å². The van der Waals surface area contributed by atoms with Crippen molar-refractivity contribution >= 4 is 0 Å². The van der Waals surface area contributed by atoms with Gasteiger partial charge in [0, 0.05) is 18.5 Å². The SMILES string of the molecule is C#CCC(CCCC)NC(C)C. The van der Waals surface area contributed by atoms with E-state index in [1.807, 2.05) is 0 Å². The molecule has 70 valence electrons. The minimum Gasteiger partial charge on any atom is -0.311 e. The van der Waals surface area contributed by atoms with Gasteiger partial charge in [0.05, 0.1) is 0 Å². The van der Waals surface area contributed by atoms with Gasteiger partial charge in [-0.3, -0.25) is 0 Å². The predicted molar refractivity (Wildman–Crippen MR) is 55.0 cm³/mol. The van der Waals surface area contributed by atoms with E-state index in [9.17, 15) is 0 Å². The van der Waals surface area contributed by atoms with E-state index in [-0.39, 0.29) is 0 Å². The van der Waals surface area contributed by atoms with Crippen LogP contribution in [0.2, 0.25) is 0 Å². The van der Waals surface area contributed by atoms with E-state index in [4.69, 9.17) is 6.42 Å². The third kappa shape index (κ3) is 6.24. The van der Waals surface area contributed by atoms with Crippen LogP contribution in [0.4, 0.5) is 0 Å². The molecule has 0 fully saturated rings. The molecule has 0 heterocycles. The number of terminal acetylenes is 1.